The second kappa shape index (κ2) is 5.91. The van der Waals surface area contributed by atoms with Gasteiger partial charge in [0.1, 0.15) is 0 Å². The highest BCUT2D eigenvalue weighted by atomic mass is 16.4. The first-order valence-electron chi connectivity index (χ1n) is 6.78. The number of carbonyl (C=O) groups is 1. The number of hydrogen-bond acceptors (Lipinski definition) is 4. The fourth-order valence-electron chi connectivity index (χ4n) is 2.75. The van der Waals surface area contributed by atoms with Crippen molar-refractivity contribution in [3.63, 3.8) is 0 Å². The summed E-state index contributed by atoms with van der Waals surface area (Å²) in [4.78, 5) is 17.1. The van der Waals surface area contributed by atoms with Crippen LogP contribution >= 0.6 is 0 Å². The maximum atomic E-state index is 10.8. The van der Waals surface area contributed by atoms with Crippen molar-refractivity contribution in [2.24, 2.45) is 5.92 Å². The lowest BCUT2D eigenvalue weighted by Gasteiger charge is -2.28. The molecule has 0 amide bonds. The standard InChI is InChI=1S/C14H21N3O2/c1-17(9-10-5-3-2-4-6-10)13-12(15)7-11(8-16-13)14(18)19/h7-8,10H,2-6,9,15H2,1H3,(H,18,19). The van der Waals surface area contributed by atoms with Gasteiger partial charge in [0.2, 0.25) is 0 Å². The molecule has 1 aliphatic rings. The van der Waals surface area contributed by atoms with E-state index in [1.54, 1.807) is 0 Å². The van der Waals surface area contributed by atoms with Crippen LogP contribution in [-0.4, -0.2) is 29.7 Å². The van der Waals surface area contributed by atoms with Crippen molar-refractivity contribution >= 4 is 17.5 Å². The minimum Gasteiger partial charge on any atom is -0.478 e. The van der Waals surface area contributed by atoms with Gasteiger partial charge >= 0.3 is 5.97 Å². The van der Waals surface area contributed by atoms with Gasteiger partial charge in [0.05, 0.1) is 11.3 Å². The molecule has 19 heavy (non-hydrogen) atoms. The van der Waals surface area contributed by atoms with Crippen molar-refractivity contribution < 1.29 is 9.90 Å². The zero-order valence-electron chi connectivity index (χ0n) is 11.3. The van der Waals surface area contributed by atoms with Crippen molar-refractivity contribution in [3.05, 3.63) is 17.8 Å². The topological polar surface area (TPSA) is 79.5 Å². The Bertz CT molecular complexity index is 456. The molecule has 0 atom stereocenters. The maximum Gasteiger partial charge on any atom is 0.337 e. The van der Waals surface area contributed by atoms with E-state index >= 15 is 0 Å². The molecule has 1 heterocycles. The van der Waals surface area contributed by atoms with Crippen LogP contribution in [0.1, 0.15) is 42.5 Å². The van der Waals surface area contributed by atoms with E-state index in [2.05, 4.69) is 4.98 Å². The molecule has 0 unspecified atom stereocenters. The third-order valence-corrected chi connectivity index (χ3v) is 3.76. The lowest BCUT2D eigenvalue weighted by Crippen LogP contribution is -2.28. The van der Waals surface area contributed by atoms with Crippen LogP contribution in [0.5, 0.6) is 0 Å². The van der Waals surface area contributed by atoms with Crippen LogP contribution in [0.25, 0.3) is 0 Å². The molecular weight excluding hydrogens is 242 g/mol. The molecule has 0 saturated heterocycles. The van der Waals surface area contributed by atoms with Gasteiger partial charge < -0.3 is 15.7 Å². The van der Waals surface area contributed by atoms with E-state index in [1.165, 1.54) is 44.4 Å². The largest absolute Gasteiger partial charge is 0.478 e. The Balaban J connectivity index is 2.05. The average molecular weight is 263 g/mol. The molecule has 0 spiro atoms. The predicted octanol–water partition coefficient (Wildman–Crippen LogP) is 2.38. The number of nitrogen functional groups attached to an aromatic ring is 1. The van der Waals surface area contributed by atoms with Gasteiger partial charge in [-0.2, -0.15) is 0 Å². The van der Waals surface area contributed by atoms with Gasteiger partial charge in [-0.3, -0.25) is 0 Å². The molecule has 1 fully saturated rings. The van der Waals surface area contributed by atoms with Gasteiger partial charge in [0.15, 0.2) is 5.82 Å². The summed E-state index contributed by atoms with van der Waals surface area (Å²) >= 11 is 0. The molecule has 0 bridgehead atoms. The van der Waals surface area contributed by atoms with Crippen LogP contribution in [0.2, 0.25) is 0 Å². The summed E-state index contributed by atoms with van der Waals surface area (Å²) in [6, 6.07) is 1.47. The van der Waals surface area contributed by atoms with Crippen LogP contribution < -0.4 is 10.6 Å². The summed E-state index contributed by atoms with van der Waals surface area (Å²) in [5.74, 6) is 0.371. The van der Waals surface area contributed by atoms with E-state index in [0.29, 0.717) is 17.4 Å². The quantitative estimate of drug-likeness (QED) is 0.871. The fraction of sp³-hybridized carbons (Fsp3) is 0.571. The SMILES string of the molecule is CN(CC1CCCCC1)c1ncc(C(=O)O)cc1N. The van der Waals surface area contributed by atoms with Crippen LogP contribution in [0.4, 0.5) is 11.5 Å². The van der Waals surface area contributed by atoms with Gasteiger partial charge in [0, 0.05) is 19.8 Å². The second-order valence-corrected chi connectivity index (χ2v) is 5.33. The Labute approximate surface area is 113 Å². The third-order valence-electron chi connectivity index (χ3n) is 3.76. The van der Waals surface area contributed by atoms with Crippen molar-refractivity contribution in [2.75, 3.05) is 24.2 Å². The smallest absolute Gasteiger partial charge is 0.337 e. The fourth-order valence-corrected chi connectivity index (χ4v) is 2.75. The molecule has 1 aliphatic carbocycles. The number of anilines is 2. The highest BCUT2D eigenvalue weighted by Gasteiger charge is 2.18. The molecular formula is C14H21N3O2. The zero-order chi connectivity index (χ0) is 13.8. The predicted molar refractivity (Wildman–Crippen MR) is 75.5 cm³/mol. The Morgan fingerprint density at radius 2 is 2.16 bits per heavy atom. The van der Waals surface area contributed by atoms with E-state index in [4.69, 9.17) is 10.8 Å². The van der Waals surface area contributed by atoms with E-state index < -0.39 is 5.97 Å². The number of nitrogens with two attached hydrogens (primary N) is 1. The lowest BCUT2D eigenvalue weighted by molar-refractivity contribution is 0.0696. The highest BCUT2D eigenvalue weighted by molar-refractivity contribution is 5.89. The van der Waals surface area contributed by atoms with Gasteiger partial charge in [0.25, 0.3) is 0 Å². The molecule has 5 nitrogen and oxygen atoms in total. The van der Waals surface area contributed by atoms with Crippen molar-refractivity contribution in [1.29, 1.82) is 0 Å². The molecule has 1 aromatic heterocycles. The lowest BCUT2D eigenvalue weighted by atomic mass is 9.89. The summed E-state index contributed by atoms with van der Waals surface area (Å²) < 4.78 is 0. The molecule has 3 N–H and O–H groups in total. The second-order valence-electron chi connectivity index (χ2n) is 5.33. The summed E-state index contributed by atoms with van der Waals surface area (Å²) in [5, 5.41) is 8.89. The Morgan fingerprint density at radius 1 is 1.47 bits per heavy atom. The molecule has 0 aromatic carbocycles. The molecule has 0 radical (unpaired) electrons. The van der Waals surface area contributed by atoms with Gasteiger partial charge in [-0.25, -0.2) is 9.78 Å². The maximum absolute atomic E-state index is 10.8. The number of rotatable bonds is 4. The Kier molecular flexibility index (Phi) is 4.24. The van der Waals surface area contributed by atoms with Crippen molar-refractivity contribution in [1.82, 2.24) is 4.98 Å². The molecule has 1 saturated carbocycles. The number of nitrogens with zero attached hydrogens (tertiary/aromatic N) is 2. The van der Waals surface area contributed by atoms with Crippen LogP contribution in [0.3, 0.4) is 0 Å². The number of pyridine rings is 1. The molecule has 1 aromatic rings. The average Bonchev–Trinajstić information content (AvgIpc) is 2.39. The number of aromatic carboxylic acids is 1. The normalized spacial score (nSPS) is 16.3. The van der Waals surface area contributed by atoms with Crippen molar-refractivity contribution in [2.45, 2.75) is 32.1 Å². The van der Waals surface area contributed by atoms with E-state index in [1.807, 2.05) is 11.9 Å². The van der Waals surface area contributed by atoms with Gasteiger partial charge in [-0.1, -0.05) is 19.3 Å². The first kappa shape index (κ1) is 13.6. The van der Waals surface area contributed by atoms with Crippen LogP contribution in [0.15, 0.2) is 12.3 Å². The highest BCUT2D eigenvalue weighted by Crippen LogP contribution is 2.27. The monoisotopic (exact) mass is 263 g/mol. The number of carboxylic acid groups (broad SMARTS) is 1. The summed E-state index contributed by atoms with van der Waals surface area (Å²) in [5.41, 5.74) is 6.46. The van der Waals surface area contributed by atoms with Gasteiger partial charge in [-0.15, -0.1) is 0 Å². The van der Waals surface area contributed by atoms with Crippen LogP contribution in [0, 0.1) is 5.92 Å². The van der Waals surface area contributed by atoms with Crippen molar-refractivity contribution in [3.8, 4) is 0 Å². The first-order chi connectivity index (χ1) is 9.08. The molecule has 0 aliphatic heterocycles. The minimum atomic E-state index is -0.999. The third kappa shape index (κ3) is 3.36. The Morgan fingerprint density at radius 3 is 2.74 bits per heavy atom. The first-order valence-corrected chi connectivity index (χ1v) is 6.78. The van der Waals surface area contributed by atoms with E-state index in [-0.39, 0.29) is 5.56 Å². The number of carboxylic acids is 1. The molecule has 104 valence electrons. The Hall–Kier alpha value is -1.78. The van der Waals surface area contributed by atoms with E-state index in [9.17, 15) is 4.79 Å². The zero-order valence-corrected chi connectivity index (χ0v) is 11.3. The number of aromatic nitrogens is 1. The summed E-state index contributed by atoms with van der Waals surface area (Å²) in [6.07, 6.45) is 7.84. The molecule has 5 heteroatoms. The summed E-state index contributed by atoms with van der Waals surface area (Å²) in [7, 11) is 1.97. The van der Waals surface area contributed by atoms with Gasteiger partial charge in [-0.05, 0) is 24.8 Å². The van der Waals surface area contributed by atoms with E-state index in [0.717, 1.165) is 6.54 Å². The summed E-state index contributed by atoms with van der Waals surface area (Å²) in [6.45, 7) is 0.934. The number of hydrogen-bond donors (Lipinski definition) is 2. The minimum absolute atomic E-state index is 0.132. The molecule has 2 rings (SSSR count). The van der Waals surface area contributed by atoms with Crippen LogP contribution in [-0.2, 0) is 0 Å².